The van der Waals surface area contributed by atoms with Crippen molar-refractivity contribution in [2.24, 2.45) is 5.92 Å². The van der Waals surface area contributed by atoms with E-state index in [1.165, 1.54) is 11.8 Å². The summed E-state index contributed by atoms with van der Waals surface area (Å²) in [5.41, 5.74) is 1.45. The second-order valence-electron chi connectivity index (χ2n) is 7.84. The van der Waals surface area contributed by atoms with Crippen molar-refractivity contribution in [2.45, 2.75) is 25.5 Å². The predicted octanol–water partition coefficient (Wildman–Crippen LogP) is 4.91. The summed E-state index contributed by atoms with van der Waals surface area (Å²) in [6, 6.07) is 13.0. The number of hydrogen-bond acceptors (Lipinski definition) is 7. The van der Waals surface area contributed by atoms with Crippen LogP contribution in [0.2, 0.25) is 0 Å². The first kappa shape index (κ1) is 25.2. The number of carbonyl (C=O) groups is 1. The van der Waals surface area contributed by atoms with E-state index in [4.69, 9.17) is 14.2 Å². The summed E-state index contributed by atoms with van der Waals surface area (Å²) in [4.78, 5) is 12.6. The molecule has 0 unspecified atom stereocenters. The number of aromatic nitrogens is 3. The third-order valence-corrected chi connectivity index (χ3v) is 5.70. The smallest absolute Gasteiger partial charge is 0.234 e. The highest BCUT2D eigenvalue weighted by atomic mass is 32.2. The molecule has 2 aromatic carbocycles. The van der Waals surface area contributed by atoms with Crippen molar-refractivity contribution in [3.63, 3.8) is 0 Å². The number of thioether (sulfide) groups is 1. The van der Waals surface area contributed by atoms with Gasteiger partial charge in [0.15, 0.2) is 11.0 Å². The van der Waals surface area contributed by atoms with Gasteiger partial charge < -0.3 is 19.5 Å². The summed E-state index contributed by atoms with van der Waals surface area (Å²) in [5.74, 6) is 3.10. The number of amides is 1. The zero-order chi connectivity index (χ0) is 24.5. The summed E-state index contributed by atoms with van der Waals surface area (Å²) in [6.07, 6.45) is 1.78. The molecule has 180 valence electrons. The summed E-state index contributed by atoms with van der Waals surface area (Å²) >= 11 is 1.30. The lowest BCUT2D eigenvalue weighted by Crippen LogP contribution is -2.15. The molecule has 0 bridgehead atoms. The maximum atomic E-state index is 12.6. The normalized spacial score (nSPS) is 10.7. The van der Waals surface area contributed by atoms with Crippen LogP contribution in [0.3, 0.4) is 0 Å². The Hall–Kier alpha value is -3.46. The molecular weight excluding hydrogens is 452 g/mol. The number of allylic oxidation sites excluding steroid dienone is 1. The minimum absolute atomic E-state index is 0.150. The SMILES string of the molecule is C=CCn1c(SCC(=O)Nc2cc(OC)ccc2OC)nnc1-c1ccc(OCC(C)C)cc1. The average molecular weight is 483 g/mol. The highest BCUT2D eigenvalue weighted by Gasteiger charge is 2.16. The molecule has 3 aromatic rings. The van der Waals surface area contributed by atoms with E-state index in [0.29, 0.717) is 47.2 Å². The predicted molar refractivity (Wildman–Crippen MR) is 135 cm³/mol. The van der Waals surface area contributed by atoms with E-state index in [0.717, 1.165) is 11.3 Å². The first-order valence-electron chi connectivity index (χ1n) is 10.9. The van der Waals surface area contributed by atoms with Crippen LogP contribution in [-0.2, 0) is 11.3 Å². The van der Waals surface area contributed by atoms with Crippen LogP contribution in [0.25, 0.3) is 11.4 Å². The number of ether oxygens (including phenoxy) is 3. The average Bonchev–Trinajstić information content (AvgIpc) is 3.24. The van der Waals surface area contributed by atoms with Crippen molar-refractivity contribution >= 4 is 23.4 Å². The lowest BCUT2D eigenvalue weighted by Gasteiger charge is -2.12. The van der Waals surface area contributed by atoms with Crippen molar-refractivity contribution in [1.29, 1.82) is 0 Å². The fourth-order valence-electron chi connectivity index (χ4n) is 3.09. The number of carbonyl (C=O) groups excluding carboxylic acids is 1. The van der Waals surface area contributed by atoms with Crippen molar-refractivity contribution in [3.05, 3.63) is 55.1 Å². The van der Waals surface area contributed by atoms with E-state index < -0.39 is 0 Å². The summed E-state index contributed by atoms with van der Waals surface area (Å²) in [7, 11) is 3.12. The van der Waals surface area contributed by atoms with Gasteiger partial charge in [-0.2, -0.15) is 0 Å². The molecule has 0 atom stereocenters. The summed E-state index contributed by atoms with van der Waals surface area (Å²) < 4.78 is 18.2. The van der Waals surface area contributed by atoms with Crippen LogP contribution < -0.4 is 19.5 Å². The Morgan fingerprint density at radius 1 is 1.12 bits per heavy atom. The Kier molecular flexibility index (Phi) is 8.98. The zero-order valence-corrected chi connectivity index (χ0v) is 20.7. The van der Waals surface area contributed by atoms with E-state index in [2.05, 4.69) is 35.9 Å². The first-order chi connectivity index (χ1) is 16.4. The molecule has 0 saturated heterocycles. The maximum absolute atomic E-state index is 12.6. The fraction of sp³-hybridized carbons (Fsp3) is 0.320. The van der Waals surface area contributed by atoms with E-state index in [9.17, 15) is 4.79 Å². The molecule has 0 spiro atoms. The third-order valence-electron chi connectivity index (χ3n) is 4.74. The molecule has 0 radical (unpaired) electrons. The molecule has 1 aromatic heterocycles. The van der Waals surface area contributed by atoms with Crippen LogP contribution >= 0.6 is 11.8 Å². The Labute approximate surface area is 204 Å². The van der Waals surface area contributed by atoms with Gasteiger partial charge in [0, 0.05) is 18.2 Å². The van der Waals surface area contributed by atoms with Gasteiger partial charge in [0.1, 0.15) is 17.2 Å². The molecule has 0 aliphatic rings. The number of nitrogens with one attached hydrogen (secondary N) is 1. The number of benzene rings is 2. The molecule has 0 saturated carbocycles. The van der Waals surface area contributed by atoms with Gasteiger partial charge in [0.05, 0.1) is 32.3 Å². The lowest BCUT2D eigenvalue weighted by molar-refractivity contribution is -0.113. The molecule has 0 aliphatic carbocycles. The number of nitrogens with zero attached hydrogens (tertiary/aromatic N) is 3. The van der Waals surface area contributed by atoms with Crippen molar-refractivity contribution in [2.75, 3.05) is 31.9 Å². The van der Waals surface area contributed by atoms with E-state index in [1.54, 1.807) is 38.5 Å². The molecule has 0 fully saturated rings. The van der Waals surface area contributed by atoms with Crippen LogP contribution in [-0.4, -0.2) is 47.3 Å². The highest BCUT2D eigenvalue weighted by Crippen LogP contribution is 2.30. The van der Waals surface area contributed by atoms with Gasteiger partial charge in [-0.05, 0) is 42.3 Å². The Morgan fingerprint density at radius 3 is 2.50 bits per heavy atom. The lowest BCUT2D eigenvalue weighted by atomic mass is 10.2. The minimum atomic E-state index is -0.196. The van der Waals surface area contributed by atoms with Gasteiger partial charge in [0.2, 0.25) is 5.91 Å². The van der Waals surface area contributed by atoms with Crippen molar-refractivity contribution in [3.8, 4) is 28.6 Å². The largest absolute Gasteiger partial charge is 0.497 e. The maximum Gasteiger partial charge on any atom is 0.234 e. The van der Waals surface area contributed by atoms with Crippen LogP contribution in [0.1, 0.15) is 13.8 Å². The van der Waals surface area contributed by atoms with Crippen LogP contribution in [0.4, 0.5) is 5.69 Å². The second kappa shape index (κ2) is 12.1. The Morgan fingerprint density at radius 2 is 1.85 bits per heavy atom. The van der Waals surface area contributed by atoms with Gasteiger partial charge in [-0.1, -0.05) is 31.7 Å². The Balaban J connectivity index is 1.70. The van der Waals surface area contributed by atoms with Crippen molar-refractivity contribution in [1.82, 2.24) is 14.8 Å². The fourth-order valence-corrected chi connectivity index (χ4v) is 3.84. The quantitative estimate of drug-likeness (QED) is 0.290. The molecule has 1 amide bonds. The van der Waals surface area contributed by atoms with Crippen LogP contribution in [0, 0.1) is 5.92 Å². The topological polar surface area (TPSA) is 87.5 Å². The highest BCUT2D eigenvalue weighted by molar-refractivity contribution is 7.99. The van der Waals surface area contributed by atoms with Gasteiger partial charge in [0.25, 0.3) is 0 Å². The van der Waals surface area contributed by atoms with Crippen LogP contribution in [0.5, 0.6) is 17.2 Å². The third kappa shape index (κ3) is 6.54. The molecule has 0 aliphatic heterocycles. The molecule has 8 nitrogen and oxygen atoms in total. The standard InChI is InChI=1S/C25H30N4O4S/c1-6-13-29-24(18-7-9-19(10-8-18)33-15-17(2)3)27-28-25(29)34-16-23(30)26-21-14-20(31-4)11-12-22(21)32-5/h6-12,14,17H,1,13,15-16H2,2-5H3,(H,26,30). The molecular formula is C25H30N4O4S. The molecule has 1 N–H and O–H groups in total. The summed E-state index contributed by atoms with van der Waals surface area (Å²) in [6.45, 7) is 9.24. The van der Waals surface area contributed by atoms with E-state index >= 15 is 0 Å². The molecule has 9 heteroatoms. The number of rotatable bonds is 12. The number of methoxy groups -OCH3 is 2. The van der Waals surface area contributed by atoms with Gasteiger partial charge in [-0.25, -0.2) is 0 Å². The Bertz CT molecular complexity index is 1110. The molecule has 3 rings (SSSR count). The molecule has 1 heterocycles. The van der Waals surface area contributed by atoms with Crippen molar-refractivity contribution < 1.29 is 19.0 Å². The monoisotopic (exact) mass is 482 g/mol. The number of hydrogen-bond donors (Lipinski definition) is 1. The molecule has 34 heavy (non-hydrogen) atoms. The minimum Gasteiger partial charge on any atom is -0.497 e. The van der Waals surface area contributed by atoms with E-state index in [-0.39, 0.29) is 11.7 Å². The number of anilines is 1. The van der Waals surface area contributed by atoms with Gasteiger partial charge in [-0.3, -0.25) is 9.36 Å². The van der Waals surface area contributed by atoms with Gasteiger partial charge >= 0.3 is 0 Å². The van der Waals surface area contributed by atoms with E-state index in [1.807, 2.05) is 28.8 Å². The van der Waals surface area contributed by atoms with Crippen LogP contribution in [0.15, 0.2) is 60.3 Å². The first-order valence-corrected chi connectivity index (χ1v) is 11.9. The summed E-state index contributed by atoms with van der Waals surface area (Å²) in [5, 5.41) is 12.2. The van der Waals surface area contributed by atoms with Gasteiger partial charge in [-0.15, -0.1) is 16.8 Å². The zero-order valence-electron chi connectivity index (χ0n) is 19.9. The second-order valence-corrected chi connectivity index (χ2v) is 8.78.